The lowest BCUT2D eigenvalue weighted by Gasteiger charge is -2.50. The molecule has 2 N–H and O–H groups in total. The fourth-order valence-electron chi connectivity index (χ4n) is 6.70. The van der Waals surface area contributed by atoms with Gasteiger partial charge in [-0.05, 0) is 54.5 Å². The van der Waals surface area contributed by atoms with Gasteiger partial charge in [0.05, 0.1) is 17.2 Å². The maximum absolute atomic E-state index is 13.4. The Morgan fingerprint density at radius 3 is 2.70 bits per heavy atom. The molecule has 1 saturated carbocycles. The molecule has 1 amide bonds. The number of hydrogen-bond donors (Lipinski definition) is 2. The van der Waals surface area contributed by atoms with Crippen LogP contribution in [0.25, 0.3) is 10.8 Å². The lowest BCUT2D eigenvalue weighted by molar-refractivity contribution is -0.203. The molecule has 7 heteroatoms. The maximum atomic E-state index is 13.4. The minimum absolute atomic E-state index is 0.159. The normalized spacial score (nSPS) is 37.0. The highest BCUT2D eigenvalue weighted by Gasteiger charge is 2.69. The van der Waals surface area contributed by atoms with E-state index in [0.29, 0.717) is 17.9 Å². The quantitative estimate of drug-likeness (QED) is 0.516. The van der Waals surface area contributed by atoms with Crippen molar-refractivity contribution in [1.82, 2.24) is 5.32 Å². The molecule has 2 aromatic carbocycles. The highest BCUT2D eigenvalue weighted by atomic mass is 31.0. The van der Waals surface area contributed by atoms with Gasteiger partial charge < -0.3 is 19.9 Å². The molecular weight excluding hydrogens is 437 g/mol. The Bertz CT molecular complexity index is 1090. The molecule has 8 unspecified atom stereocenters. The molecule has 5 rings (SSSR count). The van der Waals surface area contributed by atoms with Crippen molar-refractivity contribution in [1.29, 1.82) is 0 Å². The molecule has 6 nitrogen and oxygen atoms in total. The van der Waals surface area contributed by atoms with E-state index in [2.05, 4.69) is 28.4 Å². The van der Waals surface area contributed by atoms with Gasteiger partial charge in [-0.1, -0.05) is 52.9 Å². The molecule has 1 aliphatic carbocycles. The van der Waals surface area contributed by atoms with Gasteiger partial charge in [-0.2, -0.15) is 0 Å². The predicted molar refractivity (Wildman–Crippen MR) is 129 cm³/mol. The lowest BCUT2D eigenvalue weighted by atomic mass is 9.73. The minimum Gasteiger partial charge on any atom is -0.455 e. The summed E-state index contributed by atoms with van der Waals surface area (Å²) in [4.78, 5) is 25.4. The van der Waals surface area contributed by atoms with Crippen LogP contribution >= 0.6 is 9.24 Å². The fraction of sp³-hybridized carbons (Fsp3) is 0.538. The molecule has 2 aliphatic heterocycles. The van der Waals surface area contributed by atoms with Crippen LogP contribution in [-0.4, -0.2) is 46.7 Å². The molecule has 0 radical (unpaired) electrons. The zero-order chi connectivity index (χ0) is 23.4. The summed E-state index contributed by atoms with van der Waals surface area (Å²) in [5.41, 5.74) is -0.0334. The molecule has 0 aromatic heterocycles. The Kier molecular flexibility index (Phi) is 5.75. The fourth-order valence-corrected chi connectivity index (χ4v) is 7.48. The molecular formula is C26H32NO5P. The first-order valence-electron chi connectivity index (χ1n) is 11.9. The highest BCUT2D eigenvalue weighted by Crippen LogP contribution is 2.63. The molecule has 3 fully saturated rings. The van der Waals surface area contributed by atoms with Crippen LogP contribution in [0.3, 0.4) is 0 Å². The van der Waals surface area contributed by atoms with Gasteiger partial charge in [0.25, 0.3) is 0 Å². The maximum Gasteiger partial charge on any atom is 0.338 e. The lowest BCUT2D eigenvalue weighted by Crippen LogP contribution is -2.60. The topological polar surface area (TPSA) is 84.9 Å². The summed E-state index contributed by atoms with van der Waals surface area (Å²) in [7, 11) is 2.81. The number of aliphatic hydroxyl groups excluding tert-OH is 1. The first-order chi connectivity index (χ1) is 15.8. The number of hydrogen-bond acceptors (Lipinski definition) is 5. The van der Waals surface area contributed by atoms with E-state index in [1.165, 1.54) is 0 Å². The van der Waals surface area contributed by atoms with E-state index in [9.17, 15) is 14.7 Å². The van der Waals surface area contributed by atoms with Crippen LogP contribution in [0.15, 0.2) is 42.5 Å². The number of amides is 1. The zero-order valence-corrected chi connectivity index (χ0v) is 20.3. The second-order valence-electron chi connectivity index (χ2n) is 10.0. The van der Waals surface area contributed by atoms with E-state index in [-0.39, 0.29) is 23.8 Å². The first-order valence-corrected chi connectivity index (χ1v) is 12.5. The summed E-state index contributed by atoms with van der Waals surface area (Å²) >= 11 is 0. The Morgan fingerprint density at radius 2 is 1.97 bits per heavy atom. The van der Waals surface area contributed by atoms with Gasteiger partial charge in [0.15, 0.2) is 0 Å². The van der Waals surface area contributed by atoms with Crippen LogP contribution in [0.5, 0.6) is 0 Å². The standard InChI is InChI=1S/C26H32NO5P/c1-3-15-10-11-19-22(15)23(26(33)13-20(25(19,2)32-26)27-21(29)14-28)31-24(30)18-9-8-16-6-4-5-7-17(16)12-18/h4-9,12,15,19-20,22-23,28H,3,10-11,13-14,33H2,1-2H3,(H,27,29). The number of esters is 1. The summed E-state index contributed by atoms with van der Waals surface area (Å²) in [6, 6.07) is 13.3. The number of carbonyl (C=O) groups excluding carboxylic acids is 2. The molecule has 0 spiro atoms. The van der Waals surface area contributed by atoms with Crippen molar-refractivity contribution in [3.8, 4) is 0 Å². The smallest absolute Gasteiger partial charge is 0.338 e. The van der Waals surface area contributed by atoms with E-state index in [4.69, 9.17) is 9.47 Å². The number of fused-ring (bicyclic) bond motifs is 5. The molecule has 2 heterocycles. The van der Waals surface area contributed by atoms with Gasteiger partial charge >= 0.3 is 5.97 Å². The van der Waals surface area contributed by atoms with Crippen molar-refractivity contribution in [3.63, 3.8) is 0 Å². The van der Waals surface area contributed by atoms with Gasteiger partial charge in [-0.3, -0.25) is 4.79 Å². The minimum atomic E-state index is -0.784. The molecule has 2 saturated heterocycles. The summed E-state index contributed by atoms with van der Waals surface area (Å²) in [6.45, 7) is 3.70. The summed E-state index contributed by atoms with van der Waals surface area (Å²) in [6.07, 6.45) is 3.11. The Balaban J connectivity index is 1.48. The van der Waals surface area contributed by atoms with Crippen LogP contribution in [0.4, 0.5) is 0 Å². The van der Waals surface area contributed by atoms with E-state index in [1.807, 2.05) is 42.5 Å². The molecule has 33 heavy (non-hydrogen) atoms. The molecule has 2 aromatic rings. The molecule has 3 aliphatic rings. The molecule has 2 bridgehead atoms. The number of rotatable bonds is 5. The van der Waals surface area contributed by atoms with Gasteiger partial charge in [-0.25, -0.2) is 4.79 Å². The van der Waals surface area contributed by atoms with Crippen molar-refractivity contribution in [2.24, 2.45) is 17.8 Å². The largest absolute Gasteiger partial charge is 0.455 e. The van der Waals surface area contributed by atoms with Crippen LogP contribution in [0, 0.1) is 17.8 Å². The second-order valence-corrected chi connectivity index (χ2v) is 11.0. The van der Waals surface area contributed by atoms with Crippen molar-refractivity contribution in [2.45, 2.75) is 62.6 Å². The predicted octanol–water partition coefficient (Wildman–Crippen LogP) is 3.66. The van der Waals surface area contributed by atoms with E-state index in [0.717, 1.165) is 30.0 Å². The monoisotopic (exact) mass is 469 g/mol. The average Bonchev–Trinajstić information content (AvgIpc) is 3.34. The van der Waals surface area contributed by atoms with Crippen LogP contribution < -0.4 is 5.32 Å². The third-order valence-electron chi connectivity index (χ3n) is 8.27. The number of aliphatic hydroxyl groups is 1. The highest BCUT2D eigenvalue weighted by molar-refractivity contribution is 7.18. The molecule has 176 valence electrons. The van der Waals surface area contributed by atoms with Gasteiger partial charge in [0.2, 0.25) is 5.91 Å². The van der Waals surface area contributed by atoms with Crippen LogP contribution in [0.2, 0.25) is 0 Å². The molecule has 8 atom stereocenters. The number of benzene rings is 2. The van der Waals surface area contributed by atoms with Gasteiger partial charge in [-0.15, -0.1) is 0 Å². The van der Waals surface area contributed by atoms with Gasteiger partial charge in [0, 0.05) is 12.3 Å². The summed E-state index contributed by atoms with van der Waals surface area (Å²) < 4.78 is 12.9. The summed E-state index contributed by atoms with van der Waals surface area (Å²) in [5.74, 6) is 0.00366. The van der Waals surface area contributed by atoms with Crippen molar-refractivity contribution >= 4 is 31.9 Å². The average molecular weight is 470 g/mol. The van der Waals surface area contributed by atoms with Crippen molar-refractivity contribution < 1.29 is 24.2 Å². The SMILES string of the molecule is CCC1CCC2C1C(OC(=O)c1ccc3ccccc3c1)C1(P)CC(NC(=O)CO)C2(C)O1. The van der Waals surface area contributed by atoms with E-state index < -0.39 is 29.6 Å². The van der Waals surface area contributed by atoms with E-state index >= 15 is 0 Å². The van der Waals surface area contributed by atoms with Crippen LogP contribution in [0.1, 0.15) is 49.9 Å². The number of nitrogens with one attached hydrogen (secondary N) is 1. The number of ether oxygens (including phenoxy) is 2. The number of carbonyl (C=O) groups is 2. The summed E-state index contributed by atoms with van der Waals surface area (Å²) in [5, 5.41) is 13.6. The Hall–Kier alpha value is -2.01. The third kappa shape index (κ3) is 3.67. The second kappa shape index (κ2) is 8.33. The van der Waals surface area contributed by atoms with Crippen molar-refractivity contribution in [2.75, 3.05) is 6.61 Å². The van der Waals surface area contributed by atoms with Gasteiger partial charge in [0.1, 0.15) is 18.1 Å². The first kappa shape index (κ1) is 22.8. The zero-order valence-electron chi connectivity index (χ0n) is 19.1. The Labute approximate surface area is 196 Å². The van der Waals surface area contributed by atoms with Crippen LogP contribution in [-0.2, 0) is 14.3 Å². The Morgan fingerprint density at radius 1 is 1.21 bits per heavy atom. The van der Waals surface area contributed by atoms with E-state index in [1.54, 1.807) is 0 Å². The van der Waals surface area contributed by atoms with Crippen molar-refractivity contribution in [3.05, 3.63) is 48.0 Å². The third-order valence-corrected chi connectivity index (χ3v) is 8.95.